The van der Waals surface area contributed by atoms with Gasteiger partial charge in [-0.2, -0.15) is 0 Å². The van der Waals surface area contributed by atoms with Crippen LogP contribution in [0.4, 0.5) is 16.5 Å². The molecule has 0 amide bonds. The van der Waals surface area contributed by atoms with E-state index in [0.717, 1.165) is 37.0 Å². The Morgan fingerprint density at radius 2 is 1.95 bits per heavy atom. The summed E-state index contributed by atoms with van der Waals surface area (Å²) in [5.74, 6) is -0.933. The average Bonchev–Trinajstić information content (AvgIpc) is 3.02. The second kappa shape index (κ2) is 5.61. The molecule has 1 saturated heterocycles. The van der Waals surface area contributed by atoms with Gasteiger partial charge >= 0.3 is 5.97 Å². The predicted octanol–water partition coefficient (Wildman–Crippen LogP) is 1.75. The maximum atomic E-state index is 11.1. The van der Waals surface area contributed by atoms with Gasteiger partial charge in [0.05, 0.1) is 16.9 Å². The number of aromatic nitrogens is 1. The number of nitrogens with zero attached hydrogens (tertiary/aromatic N) is 3. The molecule has 1 fully saturated rings. The van der Waals surface area contributed by atoms with Gasteiger partial charge in [0.2, 0.25) is 0 Å². The number of carbonyl (C=O) groups is 1. The number of piperazine rings is 1. The highest BCUT2D eigenvalue weighted by atomic mass is 32.1. The van der Waals surface area contributed by atoms with Crippen molar-refractivity contribution in [1.29, 1.82) is 0 Å². The zero-order valence-electron chi connectivity index (χ0n) is 11.4. The van der Waals surface area contributed by atoms with Crippen LogP contribution in [0.1, 0.15) is 10.4 Å². The van der Waals surface area contributed by atoms with Crippen LogP contribution in [0.2, 0.25) is 0 Å². The van der Waals surface area contributed by atoms with Gasteiger partial charge in [0, 0.05) is 37.8 Å². The Hall–Kier alpha value is -2.28. The minimum atomic E-state index is -0.933. The number of benzene rings is 1. The summed E-state index contributed by atoms with van der Waals surface area (Å²) in [6.07, 6.45) is 1.81. The lowest BCUT2D eigenvalue weighted by molar-refractivity contribution is 0.0697. The van der Waals surface area contributed by atoms with Crippen molar-refractivity contribution in [2.24, 2.45) is 0 Å². The van der Waals surface area contributed by atoms with Gasteiger partial charge < -0.3 is 20.6 Å². The van der Waals surface area contributed by atoms with E-state index in [4.69, 9.17) is 10.8 Å². The molecule has 6 nitrogen and oxygen atoms in total. The number of thiazole rings is 1. The Morgan fingerprint density at radius 3 is 2.57 bits per heavy atom. The summed E-state index contributed by atoms with van der Waals surface area (Å²) in [4.78, 5) is 19.8. The molecular formula is C14H16N4O2S. The van der Waals surface area contributed by atoms with Crippen molar-refractivity contribution in [3.63, 3.8) is 0 Å². The molecule has 110 valence electrons. The van der Waals surface area contributed by atoms with Crippen molar-refractivity contribution >= 4 is 33.8 Å². The molecule has 0 aliphatic carbocycles. The van der Waals surface area contributed by atoms with Crippen molar-refractivity contribution in [2.75, 3.05) is 41.7 Å². The normalized spacial score (nSPS) is 15.2. The number of hydrogen-bond acceptors (Lipinski definition) is 6. The van der Waals surface area contributed by atoms with Gasteiger partial charge in [0.1, 0.15) is 0 Å². The summed E-state index contributed by atoms with van der Waals surface area (Å²) >= 11 is 1.63. The van der Waals surface area contributed by atoms with E-state index in [9.17, 15) is 4.79 Å². The molecule has 0 spiro atoms. The first-order valence-electron chi connectivity index (χ1n) is 6.67. The van der Waals surface area contributed by atoms with Crippen LogP contribution in [-0.4, -0.2) is 42.2 Å². The minimum absolute atomic E-state index is 0.265. The number of carboxylic acids is 1. The van der Waals surface area contributed by atoms with Crippen LogP contribution in [0.5, 0.6) is 0 Å². The Morgan fingerprint density at radius 1 is 1.24 bits per heavy atom. The molecule has 0 atom stereocenters. The van der Waals surface area contributed by atoms with Crippen LogP contribution >= 0.6 is 11.3 Å². The van der Waals surface area contributed by atoms with Crippen LogP contribution < -0.4 is 15.5 Å². The van der Waals surface area contributed by atoms with E-state index in [1.807, 2.05) is 5.38 Å². The predicted molar refractivity (Wildman–Crippen MR) is 84.4 cm³/mol. The smallest absolute Gasteiger partial charge is 0.335 e. The lowest BCUT2D eigenvalue weighted by Gasteiger charge is -2.36. The summed E-state index contributed by atoms with van der Waals surface area (Å²) in [5, 5.41) is 12.1. The van der Waals surface area contributed by atoms with Crippen molar-refractivity contribution < 1.29 is 9.90 Å². The topological polar surface area (TPSA) is 82.7 Å². The third-order valence-electron chi connectivity index (χ3n) is 3.59. The maximum Gasteiger partial charge on any atom is 0.335 e. The first kappa shape index (κ1) is 13.7. The summed E-state index contributed by atoms with van der Waals surface area (Å²) in [6.45, 7) is 3.30. The molecule has 0 radical (unpaired) electrons. The van der Waals surface area contributed by atoms with Crippen molar-refractivity contribution in [3.05, 3.63) is 35.3 Å². The SMILES string of the molecule is Nc1ccc(C(=O)O)cc1N1CCN(c2nccs2)CC1. The fourth-order valence-electron chi connectivity index (χ4n) is 2.46. The van der Waals surface area contributed by atoms with Crippen molar-refractivity contribution in [3.8, 4) is 0 Å². The Bertz CT molecular complexity index is 636. The Labute approximate surface area is 126 Å². The molecule has 0 unspecified atom stereocenters. The van der Waals surface area contributed by atoms with E-state index >= 15 is 0 Å². The van der Waals surface area contributed by atoms with Crippen molar-refractivity contribution in [1.82, 2.24) is 4.98 Å². The minimum Gasteiger partial charge on any atom is -0.478 e. The number of aromatic carboxylic acids is 1. The van der Waals surface area contributed by atoms with Gasteiger partial charge in [0.15, 0.2) is 5.13 Å². The Kier molecular flexibility index (Phi) is 3.66. The fourth-order valence-corrected chi connectivity index (χ4v) is 3.16. The third-order valence-corrected chi connectivity index (χ3v) is 4.42. The van der Waals surface area contributed by atoms with E-state index in [1.54, 1.807) is 29.7 Å². The van der Waals surface area contributed by atoms with E-state index in [-0.39, 0.29) is 5.56 Å². The maximum absolute atomic E-state index is 11.1. The monoisotopic (exact) mass is 304 g/mol. The molecule has 3 N–H and O–H groups in total. The average molecular weight is 304 g/mol. The van der Waals surface area contributed by atoms with Gasteiger partial charge in [-0.3, -0.25) is 0 Å². The lowest BCUT2D eigenvalue weighted by atomic mass is 10.1. The zero-order chi connectivity index (χ0) is 14.8. The number of hydrogen-bond donors (Lipinski definition) is 2. The highest BCUT2D eigenvalue weighted by Crippen LogP contribution is 2.27. The van der Waals surface area contributed by atoms with Gasteiger partial charge in [-0.25, -0.2) is 9.78 Å². The lowest BCUT2D eigenvalue weighted by Crippen LogP contribution is -2.46. The van der Waals surface area contributed by atoms with Crippen LogP contribution in [0.15, 0.2) is 29.8 Å². The summed E-state index contributed by atoms with van der Waals surface area (Å²) in [6, 6.07) is 4.84. The first-order valence-corrected chi connectivity index (χ1v) is 7.55. The van der Waals surface area contributed by atoms with Gasteiger partial charge in [0.25, 0.3) is 0 Å². The summed E-state index contributed by atoms with van der Waals surface area (Å²) in [7, 11) is 0. The zero-order valence-corrected chi connectivity index (χ0v) is 12.2. The van der Waals surface area contributed by atoms with E-state index < -0.39 is 5.97 Å². The molecule has 1 aromatic heterocycles. The second-order valence-electron chi connectivity index (χ2n) is 4.87. The van der Waals surface area contributed by atoms with Crippen LogP contribution in [0.25, 0.3) is 0 Å². The molecule has 1 aromatic carbocycles. The molecule has 2 heterocycles. The summed E-state index contributed by atoms with van der Waals surface area (Å²) in [5.41, 5.74) is 7.67. The standard InChI is InChI=1S/C14H16N4O2S/c15-11-2-1-10(13(19)20)9-12(11)17-4-6-18(7-5-17)14-16-3-8-21-14/h1-3,8-9H,4-7,15H2,(H,19,20). The van der Waals surface area contributed by atoms with E-state index in [1.165, 1.54) is 6.07 Å². The summed E-state index contributed by atoms with van der Waals surface area (Å²) < 4.78 is 0. The molecule has 0 bridgehead atoms. The molecular weight excluding hydrogens is 288 g/mol. The first-order chi connectivity index (χ1) is 10.1. The van der Waals surface area contributed by atoms with Crippen molar-refractivity contribution in [2.45, 2.75) is 0 Å². The van der Waals surface area contributed by atoms with Crippen LogP contribution in [-0.2, 0) is 0 Å². The highest BCUT2D eigenvalue weighted by molar-refractivity contribution is 7.13. The quantitative estimate of drug-likeness (QED) is 0.841. The number of nitrogen functional groups attached to an aromatic ring is 1. The number of rotatable bonds is 3. The fraction of sp³-hybridized carbons (Fsp3) is 0.286. The van der Waals surface area contributed by atoms with Gasteiger partial charge in [-0.15, -0.1) is 11.3 Å². The molecule has 2 aromatic rings. The highest BCUT2D eigenvalue weighted by Gasteiger charge is 2.21. The molecule has 7 heteroatoms. The molecule has 0 saturated carbocycles. The number of carboxylic acid groups (broad SMARTS) is 1. The third kappa shape index (κ3) is 2.78. The Balaban J connectivity index is 1.75. The largest absolute Gasteiger partial charge is 0.478 e. The van der Waals surface area contributed by atoms with Gasteiger partial charge in [-0.05, 0) is 18.2 Å². The van der Waals surface area contributed by atoms with Crippen LogP contribution in [0, 0.1) is 0 Å². The van der Waals surface area contributed by atoms with E-state index in [2.05, 4.69) is 14.8 Å². The number of nitrogens with two attached hydrogens (primary N) is 1. The van der Waals surface area contributed by atoms with Crippen LogP contribution in [0.3, 0.4) is 0 Å². The molecule has 21 heavy (non-hydrogen) atoms. The number of anilines is 3. The second-order valence-corrected chi connectivity index (χ2v) is 5.74. The molecule has 3 rings (SSSR count). The van der Waals surface area contributed by atoms with E-state index in [0.29, 0.717) is 5.69 Å². The molecule has 1 aliphatic rings. The molecule has 1 aliphatic heterocycles. The van der Waals surface area contributed by atoms with Gasteiger partial charge in [-0.1, -0.05) is 0 Å².